The smallest absolute Gasteiger partial charge is 0.339 e. The predicted molar refractivity (Wildman–Crippen MR) is 110 cm³/mol. The van der Waals surface area contributed by atoms with E-state index in [1.807, 2.05) is 18.2 Å². The van der Waals surface area contributed by atoms with Crippen LogP contribution in [0.3, 0.4) is 0 Å². The molecule has 2 N–H and O–H groups in total. The highest BCUT2D eigenvalue weighted by Crippen LogP contribution is 2.35. The van der Waals surface area contributed by atoms with Gasteiger partial charge in [0.25, 0.3) is 0 Å². The first-order valence-corrected chi connectivity index (χ1v) is 10.8. The highest BCUT2D eigenvalue weighted by Gasteiger charge is 2.27. The zero-order valence-electron chi connectivity index (χ0n) is 16.7. The van der Waals surface area contributed by atoms with Crippen LogP contribution in [0.4, 0.5) is 0 Å². The lowest BCUT2D eigenvalue weighted by Gasteiger charge is -2.28. The maximum Gasteiger partial charge on any atom is 0.339 e. The van der Waals surface area contributed by atoms with Gasteiger partial charge in [-0.15, -0.1) is 0 Å². The number of aliphatic hydroxyl groups is 1. The Morgan fingerprint density at radius 1 is 1.14 bits per heavy atom. The van der Waals surface area contributed by atoms with Crippen LogP contribution in [0.1, 0.15) is 63.0 Å². The van der Waals surface area contributed by atoms with Gasteiger partial charge in [0.15, 0.2) is 0 Å². The normalized spacial score (nSPS) is 23.8. The molecule has 0 radical (unpaired) electrons. The summed E-state index contributed by atoms with van der Waals surface area (Å²) in [5.41, 5.74) is 2.39. The number of fused-ring (bicyclic) bond motifs is 3. The third kappa shape index (κ3) is 4.11. The molecule has 0 aliphatic heterocycles. The van der Waals surface area contributed by atoms with Gasteiger partial charge in [0.05, 0.1) is 11.5 Å². The fourth-order valence-electron chi connectivity index (χ4n) is 4.69. The summed E-state index contributed by atoms with van der Waals surface area (Å²) in [5.74, 6) is 0.829. The first-order valence-electron chi connectivity index (χ1n) is 10.8. The van der Waals surface area contributed by atoms with Gasteiger partial charge in [-0.1, -0.05) is 18.9 Å². The second-order valence-electron chi connectivity index (χ2n) is 8.34. The number of hydrogen-bond acceptors (Lipinski definition) is 5. The lowest BCUT2D eigenvalue weighted by atomic mass is 9.90. The van der Waals surface area contributed by atoms with E-state index in [9.17, 15) is 9.90 Å². The van der Waals surface area contributed by atoms with Crippen molar-refractivity contribution >= 4 is 11.0 Å². The number of aliphatic hydroxyl groups excluding tert-OH is 1. The lowest BCUT2D eigenvalue weighted by Crippen LogP contribution is -2.44. The largest absolute Gasteiger partial charge is 0.488 e. The minimum Gasteiger partial charge on any atom is -0.488 e. The van der Waals surface area contributed by atoms with Crippen LogP contribution in [0.5, 0.6) is 5.75 Å². The van der Waals surface area contributed by atoms with E-state index in [0.717, 1.165) is 67.2 Å². The van der Waals surface area contributed by atoms with Gasteiger partial charge in [-0.25, -0.2) is 4.79 Å². The van der Waals surface area contributed by atoms with E-state index in [0.29, 0.717) is 12.1 Å². The second kappa shape index (κ2) is 8.66. The van der Waals surface area contributed by atoms with Crippen molar-refractivity contribution in [3.63, 3.8) is 0 Å². The SMILES string of the molecule is CC(O)CNC1CCCCCC1Oc1cccc2oc(=O)c3c(c12)CCCC3. The van der Waals surface area contributed by atoms with Gasteiger partial charge in [-0.05, 0) is 69.6 Å². The molecular weight excluding hydrogens is 354 g/mol. The average Bonchev–Trinajstić information content (AvgIpc) is 2.91. The Kier molecular flexibility index (Phi) is 6.02. The number of benzene rings is 1. The standard InChI is InChI=1S/C23H31NO4/c1-15(25)14-24-18-10-3-2-4-11-19(18)27-20-12-7-13-21-22(20)16-8-5-6-9-17(16)23(26)28-21/h7,12-13,15,18-19,24-25H,2-6,8-11,14H2,1H3. The van der Waals surface area contributed by atoms with Crippen molar-refractivity contribution in [1.29, 1.82) is 0 Å². The molecule has 1 heterocycles. The maximum absolute atomic E-state index is 12.4. The van der Waals surface area contributed by atoms with Crippen molar-refractivity contribution in [2.24, 2.45) is 0 Å². The number of nitrogens with one attached hydrogen (secondary N) is 1. The highest BCUT2D eigenvalue weighted by molar-refractivity contribution is 5.88. The van der Waals surface area contributed by atoms with Gasteiger partial charge in [0, 0.05) is 18.2 Å². The molecule has 1 aromatic carbocycles. The van der Waals surface area contributed by atoms with E-state index >= 15 is 0 Å². The summed E-state index contributed by atoms with van der Waals surface area (Å²) in [4.78, 5) is 12.4. The third-order valence-electron chi connectivity index (χ3n) is 6.11. The van der Waals surface area contributed by atoms with Crippen LogP contribution in [-0.2, 0) is 12.8 Å². The Hall–Kier alpha value is -1.85. The lowest BCUT2D eigenvalue weighted by molar-refractivity contribution is 0.128. The first-order chi connectivity index (χ1) is 13.6. The molecule has 3 unspecified atom stereocenters. The average molecular weight is 386 g/mol. The Bertz CT molecular complexity index is 873. The van der Waals surface area contributed by atoms with Gasteiger partial charge in [-0.3, -0.25) is 0 Å². The molecule has 5 nitrogen and oxygen atoms in total. The molecule has 1 fully saturated rings. The van der Waals surface area contributed by atoms with Gasteiger partial charge in [0.2, 0.25) is 0 Å². The molecule has 2 aliphatic rings. The predicted octanol–water partition coefficient (Wildman–Crippen LogP) is 3.72. The summed E-state index contributed by atoms with van der Waals surface area (Å²) >= 11 is 0. The quantitative estimate of drug-likeness (QED) is 0.606. The third-order valence-corrected chi connectivity index (χ3v) is 6.11. The van der Waals surface area contributed by atoms with E-state index < -0.39 is 0 Å². The number of aryl methyl sites for hydroxylation is 1. The molecular formula is C23H31NO4. The molecule has 152 valence electrons. The van der Waals surface area contributed by atoms with Crippen molar-refractivity contribution < 1.29 is 14.3 Å². The van der Waals surface area contributed by atoms with Crippen LogP contribution in [0.25, 0.3) is 11.0 Å². The van der Waals surface area contributed by atoms with Crippen molar-refractivity contribution in [2.45, 2.75) is 83.0 Å². The number of rotatable bonds is 5. The monoisotopic (exact) mass is 385 g/mol. The van der Waals surface area contributed by atoms with Crippen LogP contribution in [0.15, 0.2) is 27.4 Å². The molecule has 0 saturated heterocycles. The molecule has 0 amide bonds. The minimum atomic E-state index is -0.372. The van der Waals surface area contributed by atoms with E-state index in [4.69, 9.17) is 9.15 Å². The fourth-order valence-corrected chi connectivity index (χ4v) is 4.69. The van der Waals surface area contributed by atoms with Gasteiger partial charge in [-0.2, -0.15) is 0 Å². The molecule has 3 atom stereocenters. The maximum atomic E-state index is 12.4. The zero-order chi connectivity index (χ0) is 19.5. The summed E-state index contributed by atoms with van der Waals surface area (Å²) in [6, 6.07) is 6.01. The highest BCUT2D eigenvalue weighted by atomic mass is 16.5. The topological polar surface area (TPSA) is 71.7 Å². The van der Waals surface area contributed by atoms with Crippen molar-refractivity contribution in [2.75, 3.05) is 6.54 Å². The Morgan fingerprint density at radius 2 is 1.93 bits per heavy atom. The van der Waals surface area contributed by atoms with Crippen molar-refractivity contribution in [3.8, 4) is 5.75 Å². The van der Waals surface area contributed by atoms with Gasteiger partial charge >= 0.3 is 5.63 Å². The second-order valence-corrected chi connectivity index (χ2v) is 8.34. The Balaban J connectivity index is 1.69. The van der Waals surface area contributed by atoms with Gasteiger partial charge in [0.1, 0.15) is 17.4 Å². The number of hydrogen-bond donors (Lipinski definition) is 2. The summed E-state index contributed by atoms with van der Waals surface area (Å²) < 4.78 is 12.2. The van der Waals surface area contributed by atoms with E-state index in [-0.39, 0.29) is 23.9 Å². The van der Waals surface area contributed by atoms with Crippen molar-refractivity contribution in [1.82, 2.24) is 5.32 Å². The van der Waals surface area contributed by atoms with Crippen LogP contribution in [-0.4, -0.2) is 29.9 Å². The van der Waals surface area contributed by atoms with E-state index in [1.54, 1.807) is 6.92 Å². The van der Waals surface area contributed by atoms with Crippen LogP contribution >= 0.6 is 0 Å². The molecule has 28 heavy (non-hydrogen) atoms. The summed E-state index contributed by atoms with van der Waals surface area (Å²) in [7, 11) is 0. The van der Waals surface area contributed by atoms with E-state index in [2.05, 4.69) is 5.32 Å². The van der Waals surface area contributed by atoms with Crippen molar-refractivity contribution in [3.05, 3.63) is 39.7 Å². The molecule has 5 heteroatoms. The molecule has 0 bridgehead atoms. The molecule has 0 spiro atoms. The fraction of sp³-hybridized carbons (Fsp3) is 0.609. The Labute approximate surface area is 166 Å². The molecule has 1 saturated carbocycles. The Morgan fingerprint density at radius 3 is 2.75 bits per heavy atom. The van der Waals surface area contributed by atoms with Crippen LogP contribution < -0.4 is 15.7 Å². The zero-order valence-corrected chi connectivity index (χ0v) is 16.7. The van der Waals surface area contributed by atoms with Crippen LogP contribution in [0.2, 0.25) is 0 Å². The van der Waals surface area contributed by atoms with Crippen LogP contribution in [0, 0.1) is 0 Å². The van der Waals surface area contributed by atoms with Gasteiger partial charge < -0.3 is 19.6 Å². The van der Waals surface area contributed by atoms with E-state index in [1.165, 1.54) is 12.8 Å². The number of ether oxygens (including phenoxy) is 1. The molecule has 2 aromatic rings. The summed E-state index contributed by atoms with van der Waals surface area (Å²) in [6.07, 6.45) is 9.11. The molecule has 2 aliphatic carbocycles. The minimum absolute atomic E-state index is 0.0537. The summed E-state index contributed by atoms with van der Waals surface area (Å²) in [6.45, 7) is 2.38. The summed E-state index contributed by atoms with van der Waals surface area (Å²) in [5, 5.41) is 14.2. The molecule has 4 rings (SSSR count). The molecule has 1 aromatic heterocycles. The first kappa shape index (κ1) is 19.5.